The van der Waals surface area contributed by atoms with Crippen molar-refractivity contribution < 1.29 is 4.39 Å². The van der Waals surface area contributed by atoms with E-state index in [-0.39, 0.29) is 5.82 Å². The second kappa shape index (κ2) is 3.06. The maximum absolute atomic E-state index is 13.2. The molecule has 2 nitrogen and oxygen atoms in total. The zero-order valence-electron chi connectivity index (χ0n) is 7.05. The minimum atomic E-state index is -0.342. The molecule has 66 valence electrons. The number of hydrogen-bond donors (Lipinski definition) is 1. The van der Waals surface area contributed by atoms with Crippen molar-refractivity contribution in [2.75, 3.05) is 5.32 Å². The Kier molecular flexibility index (Phi) is 1.90. The molecule has 0 amide bonds. The van der Waals surface area contributed by atoms with Crippen LogP contribution in [0.3, 0.4) is 0 Å². The van der Waals surface area contributed by atoms with Gasteiger partial charge in [-0.2, -0.15) is 5.26 Å². The molecule has 13 heavy (non-hydrogen) atoms. The van der Waals surface area contributed by atoms with Gasteiger partial charge >= 0.3 is 0 Å². The molecule has 1 aliphatic rings. The Morgan fingerprint density at radius 3 is 2.77 bits per heavy atom. The van der Waals surface area contributed by atoms with Crippen LogP contribution < -0.4 is 5.32 Å². The molecule has 0 saturated heterocycles. The van der Waals surface area contributed by atoms with Crippen LogP contribution >= 0.6 is 0 Å². The first-order valence-corrected chi connectivity index (χ1v) is 4.26. The molecule has 1 aromatic rings. The monoisotopic (exact) mass is 176 g/mol. The number of nitrogens with zero attached hydrogens (tertiary/aromatic N) is 1. The van der Waals surface area contributed by atoms with Gasteiger partial charge in [0.05, 0.1) is 17.3 Å². The van der Waals surface area contributed by atoms with Crippen molar-refractivity contribution in [2.45, 2.75) is 18.9 Å². The van der Waals surface area contributed by atoms with E-state index in [0.29, 0.717) is 17.3 Å². The summed E-state index contributed by atoms with van der Waals surface area (Å²) in [4.78, 5) is 0. The van der Waals surface area contributed by atoms with Crippen LogP contribution in [0.2, 0.25) is 0 Å². The molecule has 2 rings (SSSR count). The van der Waals surface area contributed by atoms with Gasteiger partial charge in [0.15, 0.2) is 0 Å². The summed E-state index contributed by atoms with van der Waals surface area (Å²) in [5.74, 6) is -0.342. The number of hydrogen-bond acceptors (Lipinski definition) is 2. The van der Waals surface area contributed by atoms with E-state index >= 15 is 0 Å². The second-order valence-electron chi connectivity index (χ2n) is 3.23. The fourth-order valence-corrected chi connectivity index (χ4v) is 1.15. The van der Waals surface area contributed by atoms with Crippen LogP contribution in [0.1, 0.15) is 18.4 Å². The third-order valence-corrected chi connectivity index (χ3v) is 2.04. The molecule has 3 heteroatoms. The van der Waals surface area contributed by atoms with Gasteiger partial charge in [-0.15, -0.1) is 0 Å². The van der Waals surface area contributed by atoms with Crippen molar-refractivity contribution in [2.24, 2.45) is 0 Å². The lowest BCUT2D eigenvalue weighted by Gasteiger charge is -2.04. The largest absolute Gasteiger partial charge is 0.380 e. The molecule has 1 saturated carbocycles. The molecular weight excluding hydrogens is 167 g/mol. The Labute approximate surface area is 76.0 Å². The van der Waals surface area contributed by atoms with Crippen molar-refractivity contribution in [1.29, 1.82) is 5.26 Å². The first kappa shape index (κ1) is 8.06. The maximum Gasteiger partial charge on any atom is 0.147 e. The highest BCUT2D eigenvalue weighted by atomic mass is 19.1. The summed E-state index contributed by atoms with van der Waals surface area (Å²) in [6, 6.07) is 6.82. The van der Waals surface area contributed by atoms with E-state index < -0.39 is 0 Å². The predicted molar refractivity (Wildman–Crippen MR) is 47.8 cm³/mol. The van der Waals surface area contributed by atoms with Crippen molar-refractivity contribution in [1.82, 2.24) is 0 Å². The normalized spacial score (nSPS) is 15.1. The Hall–Kier alpha value is -1.56. The topological polar surface area (TPSA) is 35.8 Å². The minimum Gasteiger partial charge on any atom is -0.380 e. The Bertz CT molecular complexity index is 364. The Morgan fingerprint density at radius 2 is 2.23 bits per heavy atom. The van der Waals surface area contributed by atoms with Crippen LogP contribution in [-0.4, -0.2) is 6.04 Å². The highest BCUT2D eigenvalue weighted by Crippen LogP contribution is 2.26. The van der Waals surface area contributed by atoms with E-state index in [1.54, 1.807) is 12.1 Å². The minimum absolute atomic E-state index is 0.342. The summed E-state index contributed by atoms with van der Waals surface area (Å²) in [6.45, 7) is 0. The van der Waals surface area contributed by atoms with E-state index in [1.807, 2.05) is 6.07 Å². The van der Waals surface area contributed by atoms with Crippen molar-refractivity contribution in [3.63, 3.8) is 0 Å². The van der Waals surface area contributed by atoms with Crippen LogP contribution in [0.5, 0.6) is 0 Å². The van der Waals surface area contributed by atoms with Crippen LogP contribution in [-0.2, 0) is 0 Å². The van der Waals surface area contributed by atoms with Gasteiger partial charge in [0.1, 0.15) is 5.82 Å². The van der Waals surface area contributed by atoms with Gasteiger partial charge in [0.2, 0.25) is 0 Å². The van der Waals surface area contributed by atoms with Crippen molar-refractivity contribution >= 4 is 5.69 Å². The van der Waals surface area contributed by atoms with Crippen LogP contribution in [0, 0.1) is 17.1 Å². The standard InChI is InChI=1S/C10H9FN2/c11-9-5-7(6-12)1-4-10(9)13-8-2-3-8/h1,4-5,8,13H,2-3H2. The molecule has 0 spiro atoms. The molecule has 0 heterocycles. The van der Waals surface area contributed by atoms with Crippen molar-refractivity contribution in [3.05, 3.63) is 29.6 Å². The molecule has 1 N–H and O–H groups in total. The molecular formula is C10H9FN2. The fourth-order valence-electron chi connectivity index (χ4n) is 1.15. The quantitative estimate of drug-likeness (QED) is 0.750. The van der Waals surface area contributed by atoms with Crippen LogP contribution in [0.4, 0.5) is 10.1 Å². The molecule has 0 radical (unpaired) electrons. The second-order valence-corrected chi connectivity index (χ2v) is 3.23. The third kappa shape index (κ3) is 1.78. The van der Waals surface area contributed by atoms with E-state index in [9.17, 15) is 4.39 Å². The molecule has 1 aromatic carbocycles. The van der Waals surface area contributed by atoms with Gasteiger partial charge in [0, 0.05) is 6.04 Å². The first-order chi connectivity index (χ1) is 6.29. The molecule has 1 aliphatic carbocycles. The lowest BCUT2D eigenvalue weighted by atomic mass is 10.2. The first-order valence-electron chi connectivity index (χ1n) is 4.26. The van der Waals surface area contributed by atoms with E-state index in [0.717, 1.165) is 12.8 Å². The van der Waals surface area contributed by atoms with Gasteiger partial charge in [-0.1, -0.05) is 0 Å². The van der Waals surface area contributed by atoms with E-state index in [2.05, 4.69) is 5.32 Å². The number of rotatable bonds is 2. The molecule has 0 unspecified atom stereocenters. The summed E-state index contributed by atoms with van der Waals surface area (Å²) in [6.07, 6.45) is 2.22. The van der Waals surface area contributed by atoms with Gasteiger partial charge in [-0.05, 0) is 31.0 Å². The number of benzene rings is 1. The van der Waals surface area contributed by atoms with Crippen molar-refractivity contribution in [3.8, 4) is 6.07 Å². The molecule has 0 bridgehead atoms. The highest BCUT2D eigenvalue weighted by Gasteiger charge is 2.21. The van der Waals surface area contributed by atoms with Gasteiger partial charge in [0.25, 0.3) is 0 Å². The number of anilines is 1. The Balaban J connectivity index is 2.21. The Morgan fingerprint density at radius 1 is 1.46 bits per heavy atom. The van der Waals surface area contributed by atoms with Gasteiger partial charge in [-0.25, -0.2) is 4.39 Å². The van der Waals surface area contributed by atoms with E-state index in [4.69, 9.17) is 5.26 Å². The highest BCUT2D eigenvalue weighted by molar-refractivity contribution is 5.50. The average molecular weight is 176 g/mol. The molecule has 0 aromatic heterocycles. The SMILES string of the molecule is N#Cc1ccc(NC2CC2)c(F)c1. The number of nitriles is 1. The lowest BCUT2D eigenvalue weighted by Crippen LogP contribution is -2.02. The molecule has 0 aliphatic heterocycles. The average Bonchev–Trinajstić information content (AvgIpc) is 2.92. The summed E-state index contributed by atoms with van der Waals surface area (Å²) in [7, 11) is 0. The zero-order valence-corrected chi connectivity index (χ0v) is 7.05. The van der Waals surface area contributed by atoms with Gasteiger partial charge in [-0.3, -0.25) is 0 Å². The van der Waals surface area contributed by atoms with E-state index in [1.165, 1.54) is 6.07 Å². The fraction of sp³-hybridized carbons (Fsp3) is 0.300. The maximum atomic E-state index is 13.2. The predicted octanol–water partition coefficient (Wildman–Crippen LogP) is 2.27. The smallest absolute Gasteiger partial charge is 0.147 e. The number of halogens is 1. The summed E-state index contributed by atoms with van der Waals surface area (Å²) in [5.41, 5.74) is 0.861. The summed E-state index contributed by atoms with van der Waals surface area (Å²) >= 11 is 0. The number of nitrogens with one attached hydrogen (secondary N) is 1. The third-order valence-electron chi connectivity index (χ3n) is 2.04. The van der Waals surface area contributed by atoms with Gasteiger partial charge < -0.3 is 5.32 Å². The molecule has 0 atom stereocenters. The summed E-state index contributed by atoms with van der Waals surface area (Å²) < 4.78 is 13.2. The van der Waals surface area contributed by atoms with Crippen LogP contribution in [0.15, 0.2) is 18.2 Å². The zero-order chi connectivity index (χ0) is 9.26. The summed E-state index contributed by atoms with van der Waals surface area (Å²) in [5, 5.41) is 11.6. The molecule has 1 fully saturated rings. The lowest BCUT2D eigenvalue weighted by molar-refractivity contribution is 0.629. The van der Waals surface area contributed by atoms with Crippen LogP contribution in [0.25, 0.3) is 0 Å².